The lowest BCUT2D eigenvalue weighted by molar-refractivity contribution is 0.351. The van der Waals surface area contributed by atoms with Crippen molar-refractivity contribution in [2.45, 2.75) is 32.1 Å². The summed E-state index contributed by atoms with van der Waals surface area (Å²) in [5.41, 5.74) is 0. The summed E-state index contributed by atoms with van der Waals surface area (Å²) in [4.78, 5) is 1.55. The molecule has 1 N–H and O–H groups in total. The SMILES string of the molecule is c1csc(CCCC2CCCNC2)c1. The van der Waals surface area contributed by atoms with Crippen LogP contribution in [0, 0.1) is 5.92 Å². The molecule has 1 aromatic rings. The van der Waals surface area contributed by atoms with Crippen molar-refractivity contribution in [2.75, 3.05) is 13.1 Å². The number of nitrogens with one attached hydrogen (secondary N) is 1. The molecule has 0 spiro atoms. The molecule has 0 bridgehead atoms. The Labute approximate surface area is 90.5 Å². The monoisotopic (exact) mass is 209 g/mol. The number of hydrogen-bond donors (Lipinski definition) is 1. The van der Waals surface area contributed by atoms with Gasteiger partial charge in [0.1, 0.15) is 0 Å². The quantitative estimate of drug-likeness (QED) is 0.803. The highest BCUT2D eigenvalue weighted by atomic mass is 32.1. The molecule has 1 nitrogen and oxygen atoms in total. The highest BCUT2D eigenvalue weighted by Crippen LogP contribution is 2.19. The van der Waals surface area contributed by atoms with Gasteiger partial charge in [0, 0.05) is 4.88 Å². The van der Waals surface area contributed by atoms with Gasteiger partial charge in [0.2, 0.25) is 0 Å². The lowest BCUT2D eigenvalue weighted by Crippen LogP contribution is -2.29. The van der Waals surface area contributed by atoms with Gasteiger partial charge in [0.05, 0.1) is 0 Å². The third-order valence-corrected chi connectivity index (χ3v) is 3.95. The van der Waals surface area contributed by atoms with Crippen molar-refractivity contribution in [3.63, 3.8) is 0 Å². The van der Waals surface area contributed by atoms with E-state index in [1.165, 1.54) is 45.2 Å². The summed E-state index contributed by atoms with van der Waals surface area (Å²) in [5.74, 6) is 0.948. The maximum Gasteiger partial charge on any atom is 0.00452 e. The van der Waals surface area contributed by atoms with E-state index in [0.717, 1.165) is 5.92 Å². The van der Waals surface area contributed by atoms with Crippen molar-refractivity contribution in [3.05, 3.63) is 22.4 Å². The topological polar surface area (TPSA) is 12.0 Å². The minimum absolute atomic E-state index is 0.948. The summed E-state index contributed by atoms with van der Waals surface area (Å²) >= 11 is 1.89. The van der Waals surface area contributed by atoms with Crippen molar-refractivity contribution in [1.29, 1.82) is 0 Å². The molecule has 1 atom stereocenters. The molecule has 0 amide bonds. The third-order valence-electron chi connectivity index (χ3n) is 3.01. The van der Waals surface area contributed by atoms with Crippen molar-refractivity contribution in [2.24, 2.45) is 5.92 Å². The molecule has 1 aromatic heterocycles. The maximum atomic E-state index is 3.48. The largest absolute Gasteiger partial charge is 0.316 e. The number of piperidine rings is 1. The lowest BCUT2D eigenvalue weighted by atomic mass is 9.94. The highest BCUT2D eigenvalue weighted by molar-refractivity contribution is 7.09. The van der Waals surface area contributed by atoms with Crippen molar-refractivity contribution in [3.8, 4) is 0 Å². The first-order valence-corrected chi connectivity index (χ1v) is 6.56. The van der Waals surface area contributed by atoms with E-state index in [-0.39, 0.29) is 0 Å². The minimum atomic E-state index is 0.948. The van der Waals surface area contributed by atoms with Crippen LogP contribution in [0.5, 0.6) is 0 Å². The maximum absolute atomic E-state index is 3.48. The zero-order valence-electron chi connectivity index (χ0n) is 8.67. The molecule has 1 unspecified atom stereocenters. The Morgan fingerprint density at radius 1 is 1.50 bits per heavy atom. The van der Waals surface area contributed by atoms with Crippen molar-refractivity contribution in [1.82, 2.24) is 5.32 Å². The van der Waals surface area contributed by atoms with Gasteiger partial charge in [0.25, 0.3) is 0 Å². The van der Waals surface area contributed by atoms with E-state index in [4.69, 9.17) is 0 Å². The molecule has 0 aliphatic carbocycles. The van der Waals surface area contributed by atoms with Gasteiger partial charge in [-0.3, -0.25) is 0 Å². The van der Waals surface area contributed by atoms with Crippen LogP contribution in [-0.2, 0) is 6.42 Å². The molecule has 2 heteroatoms. The van der Waals surface area contributed by atoms with Crippen LogP contribution < -0.4 is 5.32 Å². The molecule has 1 aliphatic heterocycles. The molecule has 2 rings (SSSR count). The zero-order chi connectivity index (χ0) is 9.64. The van der Waals surface area contributed by atoms with Gasteiger partial charge in [-0.15, -0.1) is 11.3 Å². The van der Waals surface area contributed by atoms with E-state index in [2.05, 4.69) is 22.8 Å². The Bertz CT molecular complexity index is 237. The fourth-order valence-electron chi connectivity index (χ4n) is 2.19. The number of aryl methyl sites for hydroxylation is 1. The van der Waals surface area contributed by atoms with E-state index in [1.54, 1.807) is 4.88 Å². The molecule has 0 aromatic carbocycles. The van der Waals surface area contributed by atoms with Crippen LogP contribution in [0.2, 0.25) is 0 Å². The summed E-state index contributed by atoms with van der Waals surface area (Å²) in [7, 11) is 0. The van der Waals surface area contributed by atoms with Gasteiger partial charge in [-0.05, 0) is 62.6 Å². The van der Waals surface area contributed by atoms with Crippen LogP contribution in [0.3, 0.4) is 0 Å². The van der Waals surface area contributed by atoms with Crippen LogP contribution in [0.25, 0.3) is 0 Å². The zero-order valence-corrected chi connectivity index (χ0v) is 9.48. The predicted molar refractivity (Wildman–Crippen MR) is 62.9 cm³/mol. The Hall–Kier alpha value is -0.340. The summed E-state index contributed by atoms with van der Waals surface area (Å²) < 4.78 is 0. The molecule has 0 radical (unpaired) electrons. The van der Waals surface area contributed by atoms with E-state index < -0.39 is 0 Å². The number of rotatable bonds is 4. The summed E-state index contributed by atoms with van der Waals surface area (Å²) in [6.45, 7) is 2.49. The average molecular weight is 209 g/mol. The van der Waals surface area contributed by atoms with Crippen LogP contribution in [0.1, 0.15) is 30.6 Å². The lowest BCUT2D eigenvalue weighted by Gasteiger charge is -2.22. The normalized spacial score (nSPS) is 22.4. The molecular weight excluding hydrogens is 190 g/mol. The average Bonchev–Trinajstić information content (AvgIpc) is 2.72. The molecule has 1 aliphatic rings. The smallest absolute Gasteiger partial charge is 0.00452 e. The van der Waals surface area contributed by atoms with Gasteiger partial charge in [-0.1, -0.05) is 6.07 Å². The van der Waals surface area contributed by atoms with E-state index in [9.17, 15) is 0 Å². The van der Waals surface area contributed by atoms with Gasteiger partial charge < -0.3 is 5.32 Å². The van der Waals surface area contributed by atoms with Crippen LogP contribution in [0.4, 0.5) is 0 Å². The summed E-state index contributed by atoms with van der Waals surface area (Å²) in [6.07, 6.45) is 6.88. The molecular formula is C12H19NS. The first-order chi connectivity index (χ1) is 6.95. The minimum Gasteiger partial charge on any atom is -0.316 e. The fraction of sp³-hybridized carbons (Fsp3) is 0.667. The van der Waals surface area contributed by atoms with E-state index in [1.807, 2.05) is 11.3 Å². The standard InChI is InChI=1S/C12H19NS/c1(6-12-7-3-9-14-12)4-11-5-2-8-13-10-11/h3,7,9,11,13H,1-2,4-6,8,10H2. The highest BCUT2D eigenvalue weighted by Gasteiger charge is 2.11. The second-order valence-corrected chi connectivity index (χ2v) is 5.22. The Kier molecular flexibility index (Phi) is 4.02. The molecule has 14 heavy (non-hydrogen) atoms. The van der Waals surface area contributed by atoms with E-state index >= 15 is 0 Å². The van der Waals surface area contributed by atoms with Gasteiger partial charge in [-0.2, -0.15) is 0 Å². The van der Waals surface area contributed by atoms with Crippen LogP contribution >= 0.6 is 11.3 Å². The fourth-order valence-corrected chi connectivity index (χ4v) is 2.94. The molecule has 1 fully saturated rings. The van der Waals surface area contributed by atoms with Gasteiger partial charge in [0.15, 0.2) is 0 Å². The summed E-state index contributed by atoms with van der Waals surface area (Å²) in [5, 5.41) is 5.66. The predicted octanol–water partition coefficient (Wildman–Crippen LogP) is 3.07. The molecule has 2 heterocycles. The third kappa shape index (κ3) is 3.10. The first-order valence-electron chi connectivity index (χ1n) is 5.68. The van der Waals surface area contributed by atoms with E-state index in [0.29, 0.717) is 0 Å². The van der Waals surface area contributed by atoms with Gasteiger partial charge in [-0.25, -0.2) is 0 Å². The molecule has 1 saturated heterocycles. The van der Waals surface area contributed by atoms with Crippen molar-refractivity contribution < 1.29 is 0 Å². The molecule has 0 saturated carbocycles. The number of thiophene rings is 1. The Balaban J connectivity index is 1.62. The summed E-state index contributed by atoms with van der Waals surface area (Å²) in [6, 6.07) is 4.41. The molecule has 78 valence electrons. The first kappa shape index (κ1) is 10.2. The second-order valence-electron chi connectivity index (χ2n) is 4.18. The Morgan fingerprint density at radius 3 is 3.21 bits per heavy atom. The number of hydrogen-bond acceptors (Lipinski definition) is 2. The van der Waals surface area contributed by atoms with Crippen LogP contribution in [0.15, 0.2) is 17.5 Å². The van der Waals surface area contributed by atoms with Crippen LogP contribution in [-0.4, -0.2) is 13.1 Å². The second kappa shape index (κ2) is 5.52. The van der Waals surface area contributed by atoms with Gasteiger partial charge >= 0.3 is 0 Å². The van der Waals surface area contributed by atoms with Crippen molar-refractivity contribution >= 4 is 11.3 Å². The Morgan fingerprint density at radius 2 is 2.50 bits per heavy atom.